The molecular weight excluding hydrogens is 903 g/mol. The van der Waals surface area contributed by atoms with Crippen LogP contribution >= 0.6 is 11.8 Å². The average molecular weight is 946 g/mol. The SMILES string of the molecule is c1ccc2c(c1)Oc1ccccc1C21c2ccccc2-c2c(N(c3ccc(-c4ccc5c(ccc6ccccc65)c4)cc3)c3ccc4c(c3)-c3ccccc3C43c4ccccc4Sc4ccccc43)cccc21. The smallest absolute Gasteiger partial charge is 0.132 e. The quantitative estimate of drug-likeness (QED) is 0.163. The van der Waals surface area contributed by atoms with Crippen LogP contribution in [0.2, 0.25) is 0 Å². The molecule has 0 bridgehead atoms. The summed E-state index contributed by atoms with van der Waals surface area (Å²) in [6, 6.07) is 97.2. The molecule has 12 aromatic rings. The molecule has 0 unspecified atom stereocenters. The summed E-state index contributed by atoms with van der Waals surface area (Å²) in [5.41, 5.74) is 19.7. The van der Waals surface area contributed by atoms with Gasteiger partial charge in [0.1, 0.15) is 11.5 Å². The van der Waals surface area contributed by atoms with Gasteiger partial charge in [0.25, 0.3) is 0 Å². The maximum atomic E-state index is 6.75. The van der Waals surface area contributed by atoms with Gasteiger partial charge in [-0.05, 0) is 143 Å². The van der Waals surface area contributed by atoms with E-state index in [2.05, 4.69) is 266 Å². The molecule has 2 nitrogen and oxygen atoms in total. The number of fused-ring (bicyclic) bond motifs is 21. The lowest BCUT2D eigenvalue weighted by atomic mass is 9.66. The van der Waals surface area contributed by atoms with E-state index in [1.807, 2.05) is 11.8 Å². The molecule has 2 aliphatic heterocycles. The third kappa shape index (κ3) is 5.49. The minimum atomic E-state index is -0.604. The van der Waals surface area contributed by atoms with E-state index in [1.54, 1.807) is 0 Å². The van der Waals surface area contributed by atoms with Gasteiger partial charge in [-0.25, -0.2) is 0 Å². The van der Waals surface area contributed by atoms with E-state index in [0.29, 0.717) is 0 Å². The molecule has 0 aromatic heterocycles. The second kappa shape index (κ2) is 15.3. The minimum Gasteiger partial charge on any atom is -0.457 e. The van der Waals surface area contributed by atoms with E-state index in [4.69, 9.17) is 4.74 Å². The van der Waals surface area contributed by atoms with Gasteiger partial charge in [0.15, 0.2) is 0 Å². The Balaban J connectivity index is 0.940. The van der Waals surface area contributed by atoms with Gasteiger partial charge in [0.2, 0.25) is 0 Å². The Morgan fingerprint density at radius 1 is 0.315 bits per heavy atom. The zero-order chi connectivity index (χ0) is 47.8. The summed E-state index contributed by atoms with van der Waals surface area (Å²) in [5, 5.41) is 5.05. The monoisotopic (exact) mass is 945 g/mol. The molecule has 2 aliphatic carbocycles. The van der Waals surface area contributed by atoms with Crippen LogP contribution in [0.1, 0.15) is 44.5 Å². The molecule has 0 N–H and O–H groups in total. The molecule has 340 valence electrons. The lowest BCUT2D eigenvalue weighted by Gasteiger charge is -2.40. The highest BCUT2D eigenvalue weighted by atomic mass is 32.2. The highest BCUT2D eigenvalue weighted by molar-refractivity contribution is 7.99. The van der Waals surface area contributed by atoms with Crippen molar-refractivity contribution < 1.29 is 4.74 Å². The fraction of sp³-hybridized carbons (Fsp3) is 0.0286. The summed E-state index contributed by atoms with van der Waals surface area (Å²) in [7, 11) is 0. The summed E-state index contributed by atoms with van der Waals surface area (Å²) < 4.78 is 6.75. The summed E-state index contributed by atoms with van der Waals surface area (Å²) in [6.07, 6.45) is 0. The Kier molecular flexibility index (Phi) is 8.56. The first-order valence-corrected chi connectivity index (χ1v) is 26.0. The van der Waals surface area contributed by atoms with Crippen molar-refractivity contribution in [3.63, 3.8) is 0 Å². The van der Waals surface area contributed by atoms with Crippen molar-refractivity contribution in [2.75, 3.05) is 4.90 Å². The van der Waals surface area contributed by atoms with Crippen molar-refractivity contribution >= 4 is 50.4 Å². The Morgan fingerprint density at radius 2 is 0.836 bits per heavy atom. The predicted octanol–water partition coefficient (Wildman–Crippen LogP) is 18.4. The molecule has 16 rings (SSSR count). The predicted molar refractivity (Wildman–Crippen MR) is 300 cm³/mol. The molecule has 73 heavy (non-hydrogen) atoms. The van der Waals surface area contributed by atoms with Crippen LogP contribution < -0.4 is 9.64 Å². The second-order valence-electron chi connectivity index (χ2n) is 19.8. The van der Waals surface area contributed by atoms with Crippen molar-refractivity contribution in [1.29, 1.82) is 0 Å². The maximum absolute atomic E-state index is 6.75. The third-order valence-corrected chi connectivity index (χ3v) is 17.5. The molecule has 0 radical (unpaired) electrons. The zero-order valence-corrected chi connectivity index (χ0v) is 40.4. The van der Waals surface area contributed by atoms with Gasteiger partial charge < -0.3 is 9.64 Å². The van der Waals surface area contributed by atoms with Crippen LogP contribution in [0.25, 0.3) is 54.9 Å². The van der Waals surface area contributed by atoms with Crippen molar-refractivity contribution in [1.82, 2.24) is 0 Å². The summed E-state index contributed by atoms with van der Waals surface area (Å²) in [5.74, 6) is 1.78. The number of para-hydroxylation sites is 2. The highest BCUT2D eigenvalue weighted by Crippen LogP contribution is 2.66. The first-order chi connectivity index (χ1) is 36.2. The zero-order valence-electron chi connectivity index (χ0n) is 39.6. The third-order valence-electron chi connectivity index (χ3n) is 16.4. The van der Waals surface area contributed by atoms with Gasteiger partial charge in [0, 0.05) is 37.9 Å². The Bertz CT molecular complexity index is 4210. The van der Waals surface area contributed by atoms with E-state index in [-0.39, 0.29) is 0 Å². The van der Waals surface area contributed by atoms with Gasteiger partial charge in [-0.3, -0.25) is 0 Å². The Hall–Kier alpha value is -8.89. The standard InChI is InChI=1S/C70H43NOS/c1-2-17-50-45(16-1)32-33-47-42-46(36-40-51(47)50)44-34-37-48(38-35-44)71(49-39-41-57-54(43-49)52-18-3-5-20-55(52)69(57)60-24-9-13-30-66(60)73-67-31-14-10-25-61(67)69)63-27-15-26-62-68(63)53-19-4-6-21-56(53)70(62)58-22-7-11-28-64(58)72-65-29-12-8-23-59(65)70/h1-43H. The molecule has 0 fully saturated rings. The first kappa shape index (κ1) is 40.8. The molecule has 4 aliphatic rings. The van der Waals surface area contributed by atoms with E-state index < -0.39 is 10.8 Å². The molecule has 0 atom stereocenters. The molecular formula is C70H43NOS. The first-order valence-electron chi connectivity index (χ1n) is 25.2. The van der Waals surface area contributed by atoms with E-state index in [0.717, 1.165) is 39.7 Å². The van der Waals surface area contributed by atoms with E-state index >= 15 is 0 Å². The van der Waals surface area contributed by atoms with Crippen molar-refractivity contribution in [3.05, 3.63) is 305 Å². The van der Waals surface area contributed by atoms with Gasteiger partial charge >= 0.3 is 0 Å². The van der Waals surface area contributed by atoms with Gasteiger partial charge in [0.05, 0.1) is 16.5 Å². The summed E-state index contributed by atoms with van der Waals surface area (Å²) >= 11 is 1.89. The number of nitrogens with zero attached hydrogens (tertiary/aromatic N) is 1. The van der Waals surface area contributed by atoms with Crippen LogP contribution in [0.4, 0.5) is 17.1 Å². The maximum Gasteiger partial charge on any atom is 0.132 e. The number of rotatable bonds is 4. The number of benzene rings is 12. The van der Waals surface area contributed by atoms with Crippen molar-refractivity contribution in [3.8, 4) is 44.9 Å². The Labute approximate surface area is 428 Å². The number of ether oxygens (including phenoxy) is 1. The van der Waals surface area contributed by atoms with Crippen LogP contribution in [0.5, 0.6) is 11.5 Å². The lowest BCUT2D eigenvalue weighted by molar-refractivity contribution is 0.436. The molecule has 0 saturated carbocycles. The molecule has 2 spiro atoms. The fourth-order valence-corrected chi connectivity index (χ4v) is 14.7. The van der Waals surface area contributed by atoms with Crippen LogP contribution in [0.15, 0.2) is 271 Å². The lowest BCUT2D eigenvalue weighted by Crippen LogP contribution is -2.32. The average Bonchev–Trinajstić information content (AvgIpc) is 3.94. The fourth-order valence-electron chi connectivity index (χ4n) is 13.5. The van der Waals surface area contributed by atoms with Crippen molar-refractivity contribution in [2.45, 2.75) is 20.6 Å². The van der Waals surface area contributed by atoms with Crippen LogP contribution in [-0.4, -0.2) is 0 Å². The molecule has 0 amide bonds. The van der Waals surface area contributed by atoms with Crippen LogP contribution in [0.3, 0.4) is 0 Å². The highest BCUT2D eigenvalue weighted by Gasteiger charge is 2.53. The molecule has 3 heteroatoms. The van der Waals surface area contributed by atoms with Gasteiger partial charge in [-0.15, -0.1) is 0 Å². The topological polar surface area (TPSA) is 12.5 Å². The normalized spacial score (nSPS) is 14.3. The van der Waals surface area contributed by atoms with E-state index in [1.165, 1.54) is 98.1 Å². The molecule has 12 aromatic carbocycles. The number of hydrogen-bond donors (Lipinski definition) is 0. The second-order valence-corrected chi connectivity index (χ2v) is 20.9. The molecule has 2 heterocycles. The van der Waals surface area contributed by atoms with Crippen molar-refractivity contribution in [2.24, 2.45) is 0 Å². The summed E-state index contributed by atoms with van der Waals surface area (Å²) in [6.45, 7) is 0. The minimum absolute atomic E-state index is 0.468. The van der Waals surface area contributed by atoms with Crippen LogP contribution in [-0.2, 0) is 10.8 Å². The van der Waals surface area contributed by atoms with Gasteiger partial charge in [-0.2, -0.15) is 0 Å². The summed E-state index contributed by atoms with van der Waals surface area (Å²) in [4.78, 5) is 5.13. The van der Waals surface area contributed by atoms with Gasteiger partial charge in [-0.1, -0.05) is 212 Å². The van der Waals surface area contributed by atoms with Crippen LogP contribution in [0, 0.1) is 0 Å². The molecule has 0 saturated heterocycles. The number of anilines is 3. The largest absolute Gasteiger partial charge is 0.457 e. The number of hydrogen-bond acceptors (Lipinski definition) is 3. The Morgan fingerprint density at radius 3 is 1.58 bits per heavy atom. The van der Waals surface area contributed by atoms with E-state index in [9.17, 15) is 0 Å².